The number of nitrogens with one attached hydrogen (secondary N) is 1. The molecule has 0 aliphatic heterocycles. The molecular weight excluding hydrogens is 234 g/mol. The van der Waals surface area contributed by atoms with E-state index >= 15 is 0 Å². The van der Waals surface area contributed by atoms with Crippen LogP contribution in [-0.4, -0.2) is 40.0 Å². The minimum Gasteiger partial charge on any atom is -0.480 e. The number of hydrogen-bond acceptors (Lipinski definition) is 4. The summed E-state index contributed by atoms with van der Waals surface area (Å²) < 4.78 is 7.19. The van der Waals surface area contributed by atoms with Crippen molar-refractivity contribution in [2.75, 3.05) is 13.2 Å². The number of aromatic nitrogens is 2. The van der Waals surface area contributed by atoms with Gasteiger partial charge in [-0.1, -0.05) is 0 Å². The first-order valence-corrected chi connectivity index (χ1v) is 5.99. The normalized spacial score (nSPS) is 12.3. The van der Waals surface area contributed by atoms with E-state index in [0.29, 0.717) is 12.2 Å². The minimum absolute atomic E-state index is 0.0385. The van der Waals surface area contributed by atoms with Gasteiger partial charge in [-0.05, 0) is 27.2 Å². The summed E-state index contributed by atoms with van der Waals surface area (Å²) in [6.45, 7) is 5.59. The maximum absolute atomic E-state index is 11.6. The number of nitrogens with zero attached hydrogens (tertiary/aromatic N) is 2. The van der Waals surface area contributed by atoms with Crippen molar-refractivity contribution in [2.24, 2.45) is 7.05 Å². The van der Waals surface area contributed by atoms with Crippen molar-refractivity contribution < 1.29 is 14.6 Å². The quantitative estimate of drug-likeness (QED) is 0.766. The van der Waals surface area contributed by atoms with Gasteiger partial charge in [0.25, 0.3) is 5.91 Å². The highest BCUT2D eigenvalue weighted by molar-refractivity contribution is 5.77. The molecule has 0 bridgehead atoms. The third kappa shape index (κ3) is 3.73. The molecule has 2 N–H and O–H groups in total. The maximum atomic E-state index is 11.6. The molecule has 1 aromatic heterocycles. The van der Waals surface area contributed by atoms with Gasteiger partial charge in [-0.3, -0.25) is 9.48 Å². The van der Waals surface area contributed by atoms with E-state index in [1.807, 2.05) is 27.8 Å². The Labute approximate surface area is 107 Å². The third-order valence-corrected chi connectivity index (χ3v) is 2.76. The van der Waals surface area contributed by atoms with E-state index in [4.69, 9.17) is 9.84 Å². The number of carbonyl (C=O) groups excluding carboxylic acids is 1. The molecule has 1 atom stereocenters. The molecule has 1 heterocycles. The van der Waals surface area contributed by atoms with E-state index in [9.17, 15) is 4.79 Å². The molecule has 0 radical (unpaired) electrons. The Morgan fingerprint density at radius 2 is 2.22 bits per heavy atom. The average molecular weight is 255 g/mol. The highest BCUT2D eigenvalue weighted by atomic mass is 16.5. The molecule has 0 fully saturated rings. The molecule has 0 spiro atoms. The van der Waals surface area contributed by atoms with Crippen molar-refractivity contribution >= 4 is 5.91 Å². The lowest BCUT2D eigenvalue weighted by molar-refractivity contribution is -0.123. The smallest absolute Gasteiger partial charge is 0.258 e. The lowest BCUT2D eigenvalue weighted by atomic mass is 10.2. The summed E-state index contributed by atoms with van der Waals surface area (Å²) in [5, 5.41) is 15.7. The van der Waals surface area contributed by atoms with Crippen LogP contribution in [0, 0.1) is 13.8 Å². The van der Waals surface area contributed by atoms with Crippen LogP contribution in [0.5, 0.6) is 5.75 Å². The molecule has 0 aliphatic carbocycles. The van der Waals surface area contributed by atoms with Crippen molar-refractivity contribution in [3.63, 3.8) is 0 Å². The average Bonchev–Trinajstić information content (AvgIpc) is 2.51. The number of aryl methyl sites for hydroxylation is 2. The number of amides is 1. The Kier molecular flexibility index (Phi) is 5.15. The Morgan fingerprint density at radius 3 is 2.72 bits per heavy atom. The molecule has 1 amide bonds. The van der Waals surface area contributed by atoms with Crippen molar-refractivity contribution in [3.8, 4) is 5.75 Å². The Hall–Kier alpha value is -1.56. The van der Waals surface area contributed by atoms with E-state index in [1.165, 1.54) is 0 Å². The van der Waals surface area contributed by atoms with Gasteiger partial charge in [0.05, 0.1) is 5.69 Å². The van der Waals surface area contributed by atoms with Crippen molar-refractivity contribution in [2.45, 2.75) is 33.2 Å². The Morgan fingerprint density at radius 1 is 1.56 bits per heavy atom. The van der Waals surface area contributed by atoms with Gasteiger partial charge in [-0.25, -0.2) is 0 Å². The highest BCUT2D eigenvalue weighted by Crippen LogP contribution is 2.20. The lowest BCUT2D eigenvalue weighted by Crippen LogP contribution is -2.36. The summed E-state index contributed by atoms with van der Waals surface area (Å²) in [4.78, 5) is 11.6. The molecule has 0 saturated carbocycles. The molecule has 0 aromatic carbocycles. The summed E-state index contributed by atoms with van der Waals surface area (Å²) in [7, 11) is 1.83. The van der Waals surface area contributed by atoms with E-state index < -0.39 is 0 Å². The van der Waals surface area contributed by atoms with Crippen LogP contribution in [0.25, 0.3) is 0 Å². The molecule has 1 rings (SSSR count). The number of rotatable bonds is 6. The summed E-state index contributed by atoms with van der Waals surface area (Å²) in [5.41, 5.74) is 1.66. The number of ether oxygens (including phenoxy) is 1. The number of aliphatic hydroxyl groups is 1. The predicted molar refractivity (Wildman–Crippen MR) is 67.5 cm³/mol. The summed E-state index contributed by atoms with van der Waals surface area (Å²) >= 11 is 0. The van der Waals surface area contributed by atoms with E-state index in [2.05, 4.69) is 10.4 Å². The maximum Gasteiger partial charge on any atom is 0.258 e. The van der Waals surface area contributed by atoms with Crippen LogP contribution in [0.1, 0.15) is 24.7 Å². The van der Waals surface area contributed by atoms with Gasteiger partial charge in [0, 0.05) is 19.7 Å². The van der Waals surface area contributed by atoms with Crippen LogP contribution in [-0.2, 0) is 11.8 Å². The second-order valence-corrected chi connectivity index (χ2v) is 4.39. The third-order valence-electron chi connectivity index (χ3n) is 2.76. The van der Waals surface area contributed by atoms with E-state index in [-0.39, 0.29) is 25.2 Å². The fourth-order valence-electron chi connectivity index (χ4n) is 1.68. The number of carbonyl (C=O) groups is 1. The molecule has 0 aliphatic rings. The minimum atomic E-state index is -0.196. The van der Waals surface area contributed by atoms with Gasteiger partial charge in [-0.15, -0.1) is 0 Å². The Balaban J connectivity index is 2.47. The van der Waals surface area contributed by atoms with Gasteiger partial charge in [0.2, 0.25) is 0 Å². The molecule has 102 valence electrons. The monoisotopic (exact) mass is 255 g/mol. The van der Waals surface area contributed by atoms with Gasteiger partial charge in [-0.2, -0.15) is 5.10 Å². The zero-order valence-electron chi connectivity index (χ0n) is 11.4. The van der Waals surface area contributed by atoms with E-state index in [0.717, 1.165) is 11.4 Å². The molecule has 1 unspecified atom stereocenters. The van der Waals surface area contributed by atoms with Crippen LogP contribution in [0.3, 0.4) is 0 Å². The predicted octanol–water partition coefficient (Wildman–Crippen LogP) is 0.303. The van der Waals surface area contributed by atoms with Crippen LogP contribution in [0.4, 0.5) is 0 Å². The lowest BCUT2D eigenvalue weighted by Gasteiger charge is -2.13. The number of hydrogen-bond donors (Lipinski definition) is 2. The van der Waals surface area contributed by atoms with Gasteiger partial charge >= 0.3 is 0 Å². The summed E-state index contributed by atoms with van der Waals surface area (Å²) in [5.74, 6) is 0.459. The molecular formula is C12H21N3O3. The zero-order chi connectivity index (χ0) is 13.7. The molecule has 18 heavy (non-hydrogen) atoms. The first kappa shape index (κ1) is 14.5. The highest BCUT2D eigenvalue weighted by Gasteiger charge is 2.13. The zero-order valence-corrected chi connectivity index (χ0v) is 11.4. The Bertz CT molecular complexity index is 415. The SMILES string of the molecule is Cc1nn(C)c(C)c1OCC(=O)NC(C)CCO. The molecule has 1 aromatic rings. The second-order valence-electron chi connectivity index (χ2n) is 4.39. The van der Waals surface area contributed by atoms with Crippen molar-refractivity contribution in [1.29, 1.82) is 0 Å². The fourth-order valence-corrected chi connectivity index (χ4v) is 1.68. The van der Waals surface area contributed by atoms with Crippen molar-refractivity contribution in [3.05, 3.63) is 11.4 Å². The first-order valence-electron chi connectivity index (χ1n) is 5.99. The summed E-state index contributed by atoms with van der Waals surface area (Å²) in [6.07, 6.45) is 0.538. The topological polar surface area (TPSA) is 76.4 Å². The van der Waals surface area contributed by atoms with E-state index in [1.54, 1.807) is 4.68 Å². The molecule has 6 heteroatoms. The van der Waals surface area contributed by atoms with Gasteiger partial charge in [0.1, 0.15) is 5.69 Å². The largest absolute Gasteiger partial charge is 0.480 e. The first-order chi connectivity index (χ1) is 8.45. The van der Waals surface area contributed by atoms with Crippen LogP contribution < -0.4 is 10.1 Å². The number of aliphatic hydroxyl groups excluding tert-OH is 1. The molecule has 6 nitrogen and oxygen atoms in total. The standard InChI is InChI=1S/C12H21N3O3/c1-8(5-6-16)13-11(17)7-18-12-9(2)14-15(4)10(12)3/h8,16H,5-7H2,1-4H3,(H,13,17). The van der Waals surface area contributed by atoms with Crippen LogP contribution >= 0.6 is 0 Å². The van der Waals surface area contributed by atoms with Crippen LogP contribution in [0.15, 0.2) is 0 Å². The summed E-state index contributed by atoms with van der Waals surface area (Å²) in [6, 6.07) is -0.0535. The van der Waals surface area contributed by atoms with Gasteiger partial charge < -0.3 is 15.2 Å². The van der Waals surface area contributed by atoms with Gasteiger partial charge in [0.15, 0.2) is 12.4 Å². The fraction of sp³-hybridized carbons (Fsp3) is 0.667. The van der Waals surface area contributed by atoms with Crippen LogP contribution in [0.2, 0.25) is 0 Å². The second kappa shape index (κ2) is 6.39. The molecule has 0 saturated heterocycles. The van der Waals surface area contributed by atoms with Crippen molar-refractivity contribution in [1.82, 2.24) is 15.1 Å².